The highest BCUT2D eigenvalue weighted by molar-refractivity contribution is 8.77. The van der Waals surface area contributed by atoms with E-state index in [0.29, 0.717) is 11.7 Å². The molecule has 3 N–H and O–H groups in total. The molecular weight excluding hydrogens is 599 g/mol. The summed E-state index contributed by atoms with van der Waals surface area (Å²) in [7, 11) is 5.02. The molecule has 2 aliphatic heterocycles. The smallest absolute Gasteiger partial charge is 0.329 e. The van der Waals surface area contributed by atoms with Crippen LogP contribution in [-0.4, -0.2) is 87.9 Å². The van der Waals surface area contributed by atoms with Crippen molar-refractivity contribution in [2.45, 2.75) is 82.8 Å². The number of carbonyl (C=O) groups excluding carboxylic acids is 5. The van der Waals surface area contributed by atoms with Crippen molar-refractivity contribution in [3.05, 3.63) is 29.8 Å². The van der Waals surface area contributed by atoms with Crippen molar-refractivity contribution < 1.29 is 33.8 Å². The first kappa shape index (κ1) is 37.6. The molecule has 1 aromatic carbocycles. The summed E-state index contributed by atoms with van der Waals surface area (Å²) in [5.41, 5.74) is -0.00124. The number of aromatic hydroxyl groups is 1. The van der Waals surface area contributed by atoms with E-state index in [1.807, 2.05) is 49.3 Å². The summed E-state index contributed by atoms with van der Waals surface area (Å²) >= 11 is 1.08. The van der Waals surface area contributed by atoms with Gasteiger partial charge in [0.2, 0.25) is 17.7 Å². The number of methoxy groups -OCH3 is 1. The summed E-state index contributed by atoms with van der Waals surface area (Å²) in [5.74, 6) is -1.24. The van der Waals surface area contributed by atoms with E-state index in [1.165, 1.54) is 31.4 Å². The number of rotatable bonds is 14. The van der Waals surface area contributed by atoms with E-state index in [4.69, 9.17) is 4.74 Å². The Hall–Kier alpha value is -2.38. The molecule has 42 heavy (non-hydrogen) atoms. The highest BCUT2D eigenvalue weighted by atomic mass is 33.1. The summed E-state index contributed by atoms with van der Waals surface area (Å²) in [5, 5.41) is 15.2. The van der Waals surface area contributed by atoms with Crippen LogP contribution in [0.5, 0.6) is 5.75 Å². The number of imide groups is 1. The predicted octanol–water partition coefficient (Wildman–Crippen LogP) is 4.41. The van der Waals surface area contributed by atoms with E-state index in [0.717, 1.165) is 35.9 Å². The van der Waals surface area contributed by atoms with Gasteiger partial charge in [0.25, 0.3) is 5.91 Å². The van der Waals surface area contributed by atoms with Gasteiger partial charge >= 0.3 is 5.97 Å². The fourth-order valence-corrected chi connectivity index (χ4v) is 8.26. The Labute approximate surface area is 261 Å². The molecule has 0 radical (unpaired) electrons. The molecule has 2 fully saturated rings. The standard InChI is InChI=1S/C25H33N3O7S3.2C2H6/c1-35-25(34)18(27-23(32)17-7-3-4-8-19(17)29)15-36-20-14-22(31)28(24(20)33)12-11-26-21(30)9-5-2-6-16-10-13-37-38-16;2*1-2/h3-4,7-8,16,18,20,29H,2,5-6,9-15H2,1H3,(H,26,30)(H,27,32);2*1-2H3. The first-order valence-corrected chi connectivity index (χ1v) is 17.9. The number of thioether (sulfide) groups is 1. The van der Waals surface area contributed by atoms with Crippen molar-refractivity contribution in [3.8, 4) is 5.75 Å². The van der Waals surface area contributed by atoms with Gasteiger partial charge in [0.05, 0.1) is 17.9 Å². The zero-order valence-corrected chi connectivity index (χ0v) is 27.6. The van der Waals surface area contributed by atoms with E-state index in [-0.39, 0.29) is 48.4 Å². The minimum absolute atomic E-state index is 0.00124. The predicted molar refractivity (Wildman–Crippen MR) is 172 cm³/mol. The summed E-state index contributed by atoms with van der Waals surface area (Å²) < 4.78 is 4.77. The summed E-state index contributed by atoms with van der Waals surface area (Å²) in [6.45, 7) is 8.27. The second kappa shape index (κ2) is 21.3. The first-order valence-electron chi connectivity index (χ1n) is 14.5. The average Bonchev–Trinajstić information content (AvgIpc) is 3.62. The third-order valence-electron chi connectivity index (χ3n) is 6.17. The largest absolute Gasteiger partial charge is 0.507 e. The molecule has 2 aliphatic rings. The van der Waals surface area contributed by atoms with Crippen LogP contribution in [0.2, 0.25) is 0 Å². The zero-order valence-electron chi connectivity index (χ0n) is 25.2. The van der Waals surface area contributed by atoms with Crippen molar-refractivity contribution >= 4 is 62.9 Å². The molecule has 0 bridgehead atoms. The lowest BCUT2D eigenvalue weighted by atomic mass is 10.1. The van der Waals surface area contributed by atoms with Gasteiger partial charge in [-0.2, -0.15) is 0 Å². The number of phenolic OH excluding ortho intramolecular Hbond substituents is 1. The highest BCUT2D eigenvalue weighted by Gasteiger charge is 2.39. The van der Waals surface area contributed by atoms with Gasteiger partial charge in [-0.1, -0.05) is 67.8 Å². The summed E-state index contributed by atoms with van der Waals surface area (Å²) in [6, 6.07) is 4.82. The third-order valence-corrected chi connectivity index (χ3v) is 10.5. The molecule has 3 atom stereocenters. The Kier molecular flexibility index (Phi) is 19.1. The molecule has 10 nitrogen and oxygen atoms in total. The van der Waals surface area contributed by atoms with Crippen LogP contribution in [0.4, 0.5) is 0 Å². The molecule has 13 heteroatoms. The van der Waals surface area contributed by atoms with Crippen LogP contribution >= 0.6 is 33.3 Å². The Balaban J connectivity index is 0.00000211. The molecule has 3 rings (SSSR count). The SMILES string of the molecule is CC.CC.COC(=O)C(CSC1CC(=O)N(CCNC(=O)CCCCC2CCSS2)C1=O)NC(=O)c1ccccc1O. The number of nitrogens with one attached hydrogen (secondary N) is 2. The number of likely N-dealkylation sites (tertiary alicyclic amines) is 1. The number of amides is 4. The molecule has 0 spiro atoms. The average molecular weight is 644 g/mol. The van der Waals surface area contributed by atoms with Crippen molar-refractivity contribution in [2.24, 2.45) is 0 Å². The Bertz CT molecular complexity index is 1020. The van der Waals surface area contributed by atoms with Crippen molar-refractivity contribution in [1.82, 2.24) is 15.5 Å². The maximum atomic E-state index is 12.8. The molecule has 2 heterocycles. The van der Waals surface area contributed by atoms with E-state index in [9.17, 15) is 29.1 Å². The number of esters is 1. The molecule has 0 aliphatic carbocycles. The monoisotopic (exact) mass is 643 g/mol. The Morgan fingerprint density at radius 2 is 1.86 bits per heavy atom. The molecule has 236 valence electrons. The van der Waals surface area contributed by atoms with E-state index < -0.39 is 29.1 Å². The normalized spacial score (nSPS) is 18.3. The van der Waals surface area contributed by atoms with Gasteiger partial charge in [0.1, 0.15) is 11.8 Å². The van der Waals surface area contributed by atoms with Gasteiger partial charge in [-0.15, -0.1) is 11.8 Å². The van der Waals surface area contributed by atoms with Crippen LogP contribution < -0.4 is 10.6 Å². The van der Waals surface area contributed by atoms with Gasteiger partial charge in [-0.25, -0.2) is 4.79 Å². The molecule has 2 saturated heterocycles. The topological polar surface area (TPSA) is 142 Å². The number of nitrogens with zero attached hydrogens (tertiary/aromatic N) is 1. The zero-order chi connectivity index (χ0) is 31.5. The number of hydrogen-bond acceptors (Lipinski definition) is 10. The molecular formula is C29H45N3O7S3. The van der Waals surface area contributed by atoms with Crippen molar-refractivity contribution in [3.63, 3.8) is 0 Å². The molecule has 4 amide bonds. The van der Waals surface area contributed by atoms with Crippen LogP contribution in [0.3, 0.4) is 0 Å². The number of para-hydroxylation sites is 1. The molecule has 0 aromatic heterocycles. The van der Waals surface area contributed by atoms with Crippen LogP contribution in [0, 0.1) is 0 Å². The lowest BCUT2D eigenvalue weighted by molar-refractivity contribution is -0.142. The van der Waals surface area contributed by atoms with Gasteiger partial charge in [0.15, 0.2) is 0 Å². The third kappa shape index (κ3) is 12.5. The van der Waals surface area contributed by atoms with Crippen molar-refractivity contribution in [1.29, 1.82) is 0 Å². The quantitative estimate of drug-likeness (QED) is 0.116. The fraction of sp³-hybridized carbons (Fsp3) is 0.621. The second-order valence-corrected chi connectivity index (χ2v) is 12.9. The number of ether oxygens (including phenoxy) is 1. The molecule has 3 unspecified atom stereocenters. The number of benzene rings is 1. The van der Waals surface area contributed by atoms with Crippen LogP contribution in [-0.2, 0) is 23.9 Å². The number of carbonyl (C=O) groups is 5. The molecule has 0 saturated carbocycles. The van der Waals surface area contributed by atoms with E-state index in [1.54, 1.807) is 12.1 Å². The van der Waals surface area contributed by atoms with Gasteiger partial charge in [-0.05, 0) is 31.4 Å². The summed E-state index contributed by atoms with van der Waals surface area (Å²) in [6.07, 6.45) is 4.57. The lowest BCUT2D eigenvalue weighted by Gasteiger charge is -2.18. The molecule has 1 aromatic rings. The maximum Gasteiger partial charge on any atom is 0.329 e. The number of hydrogen-bond donors (Lipinski definition) is 3. The van der Waals surface area contributed by atoms with Crippen molar-refractivity contribution in [2.75, 3.05) is 31.7 Å². The van der Waals surface area contributed by atoms with Crippen LogP contribution in [0.1, 0.15) is 76.6 Å². The number of phenols is 1. The van der Waals surface area contributed by atoms with Gasteiger partial charge < -0.3 is 20.5 Å². The first-order chi connectivity index (χ1) is 20.3. The maximum absolute atomic E-state index is 12.8. The van der Waals surface area contributed by atoms with E-state index >= 15 is 0 Å². The minimum Gasteiger partial charge on any atom is -0.507 e. The van der Waals surface area contributed by atoms with Gasteiger partial charge in [-0.3, -0.25) is 24.1 Å². The Morgan fingerprint density at radius 1 is 1.14 bits per heavy atom. The minimum atomic E-state index is -1.08. The van der Waals surface area contributed by atoms with Crippen LogP contribution in [0.15, 0.2) is 24.3 Å². The Morgan fingerprint density at radius 3 is 2.50 bits per heavy atom. The van der Waals surface area contributed by atoms with Gasteiger partial charge in [0, 0.05) is 42.7 Å². The summed E-state index contributed by atoms with van der Waals surface area (Å²) in [4.78, 5) is 63.2. The second-order valence-electron chi connectivity index (χ2n) is 8.90. The lowest BCUT2D eigenvalue weighted by Crippen LogP contribution is -2.44. The fourth-order valence-electron chi connectivity index (χ4n) is 4.06. The van der Waals surface area contributed by atoms with E-state index in [2.05, 4.69) is 10.6 Å². The highest BCUT2D eigenvalue weighted by Crippen LogP contribution is 2.39. The number of unbranched alkanes of at least 4 members (excludes halogenated alkanes) is 1. The van der Waals surface area contributed by atoms with Crippen LogP contribution in [0.25, 0.3) is 0 Å².